The first-order valence-electron chi connectivity index (χ1n) is 3.09. The van der Waals surface area contributed by atoms with Crippen LogP contribution in [0.25, 0.3) is 0 Å². The second-order valence-corrected chi connectivity index (χ2v) is 2.62. The van der Waals surface area contributed by atoms with E-state index < -0.39 is 0 Å². The normalized spacial score (nSPS) is 9.64. The van der Waals surface area contributed by atoms with E-state index >= 15 is 0 Å². The van der Waals surface area contributed by atoms with Crippen molar-refractivity contribution in [1.82, 2.24) is 0 Å². The second kappa shape index (κ2) is 3.62. The summed E-state index contributed by atoms with van der Waals surface area (Å²) in [6.07, 6.45) is 0. The molecule has 1 rings (SSSR count). The molecule has 0 N–H and O–H groups in total. The van der Waals surface area contributed by atoms with Gasteiger partial charge in [-0.3, -0.25) is 4.79 Å². The van der Waals surface area contributed by atoms with Crippen LogP contribution in [-0.2, 0) is 0 Å². The quantitative estimate of drug-likeness (QED) is 0.551. The third-order valence-electron chi connectivity index (χ3n) is 1.29. The first kappa shape index (κ1) is 8.40. The van der Waals surface area contributed by atoms with Gasteiger partial charge < -0.3 is 0 Å². The van der Waals surface area contributed by atoms with Gasteiger partial charge in [0.15, 0.2) is 5.78 Å². The molecule has 0 saturated heterocycles. The van der Waals surface area contributed by atoms with E-state index in [0.717, 1.165) is 0 Å². The van der Waals surface area contributed by atoms with E-state index in [0.29, 0.717) is 5.56 Å². The minimum Gasteiger partial charge on any atom is -0.293 e. The fourth-order valence-electron chi connectivity index (χ4n) is 0.713. The molecule has 11 heavy (non-hydrogen) atoms. The van der Waals surface area contributed by atoms with Crippen LogP contribution in [0, 0.1) is 5.82 Å². The van der Waals surface area contributed by atoms with Gasteiger partial charge in [0.2, 0.25) is 0 Å². The fourth-order valence-corrected chi connectivity index (χ4v) is 1.04. The highest BCUT2D eigenvalue weighted by molar-refractivity contribution is 9.09. The summed E-state index contributed by atoms with van der Waals surface area (Å²) in [5.41, 5.74) is 0.531. The predicted molar refractivity (Wildman–Crippen MR) is 44.5 cm³/mol. The molecule has 58 valence electrons. The number of carbonyl (C=O) groups excluding carboxylic acids is 1. The van der Waals surface area contributed by atoms with Gasteiger partial charge in [0.25, 0.3) is 0 Å². The number of hydrogen-bond acceptors (Lipinski definition) is 1. The number of rotatable bonds is 2. The number of alkyl halides is 1. The van der Waals surface area contributed by atoms with Gasteiger partial charge in [-0.05, 0) is 24.3 Å². The third kappa shape index (κ3) is 2.12. The van der Waals surface area contributed by atoms with Gasteiger partial charge in [-0.15, -0.1) is 0 Å². The van der Waals surface area contributed by atoms with Crippen molar-refractivity contribution < 1.29 is 9.18 Å². The van der Waals surface area contributed by atoms with E-state index in [-0.39, 0.29) is 16.9 Å². The molecule has 0 aliphatic rings. The molecule has 0 saturated carbocycles. The molecule has 0 radical (unpaired) electrons. The Kier molecular flexibility index (Phi) is 2.76. The third-order valence-corrected chi connectivity index (χ3v) is 1.80. The van der Waals surface area contributed by atoms with E-state index in [4.69, 9.17) is 0 Å². The Morgan fingerprint density at radius 3 is 2.36 bits per heavy atom. The number of carbonyl (C=O) groups is 1. The van der Waals surface area contributed by atoms with Crippen LogP contribution in [0.15, 0.2) is 24.3 Å². The Balaban J connectivity index is 2.90. The van der Waals surface area contributed by atoms with Crippen molar-refractivity contribution in [3.05, 3.63) is 35.6 Å². The van der Waals surface area contributed by atoms with E-state index in [1.165, 1.54) is 24.3 Å². The molecule has 0 aromatic heterocycles. The molecular weight excluding hydrogens is 213 g/mol. The topological polar surface area (TPSA) is 17.1 Å². The highest BCUT2D eigenvalue weighted by atomic mass is 79.9. The highest BCUT2D eigenvalue weighted by Gasteiger charge is 2.01. The van der Waals surface area contributed by atoms with E-state index in [1.54, 1.807) is 0 Å². The number of benzene rings is 1. The first-order chi connectivity index (χ1) is 5.24. The van der Waals surface area contributed by atoms with Crippen molar-refractivity contribution in [1.29, 1.82) is 0 Å². The fraction of sp³-hybridized carbons (Fsp3) is 0.125. The summed E-state index contributed by atoms with van der Waals surface area (Å²) in [5, 5.41) is 0.276. The zero-order chi connectivity index (χ0) is 8.27. The molecule has 0 unspecified atom stereocenters. The van der Waals surface area contributed by atoms with Crippen molar-refractivity contribution in [3.8, 4) is 0 Å². The van der Waals surface area contributed by atoms with Crippen LogP contribution in [0.5, 0.6) is 0 Å². The summed E-state index contributed by atoms with van der Waals surface area (Å²) in [4.78, 5) is 11.0. The Morgan fingerprint density at radius 1 is 1.36 bits per heavy atom. The van der Waals surface area contributed by atoms with Gasteiger partial charge in [0, 0.05) is 5.56 Å². The number of Topliss-reactive ketones (excluding diaryl/α,β-unsaturated/α-hetero) is 1. The smallest absolute Gasteiger partial charge is 0.173 e. The molecule has 1 aromatic rings. The molecule has 0 amide bonds. The maximum atomic E-state index is 12.3. The molecule has 0 bridgehead atoms. The van der Waals surface area contributed by atoms with Crippen molar-refractivity contribution in [3.63, 3.8) is 0 Å². The summed E-state index contributed by atoms with van der Waals surface area (Å²) in [6, 6.07) is 5.49. The minimum absolute atomic E-state index is 0.0370. The molecular formula is C8H6BrFO. The number of ketones is 1. The monoisotopic (exact) mass is 218 g/mol. The summed E-state index contributed by atoms with van der Waals surface area (Å²) in [6.45, 7) is 0. The van der Waals surface area contributed by atoms with Crippen molar-refractivity contribution in [2.24, 2.45) is 0 Å². The van der Waals surface area contributed by atoms with Crippen LogP contribution in [0.4, 0.5) is 4.39 Å². The van der Waals surface area contributed by atoms with Crippen molar-refractivity contribution in [2.45, 2.75) is 0 Å². The van der Waals surface area contributed by atoms with Crippen LogP contribution in [0.1, 0.15) is 10.4 Å². The highest BCUT2D eigenvalue weighted by Crippen LogP contribution is 2.04. The lowest BCUT2D eigenvalue weighted by atomic mass is 10.3. The average molecular weight is 219 g/mol. The van der Waals surface area contributed by atoms with Crippen LogP contribution in [0.3, 0.4) is 0 Å². The maximum Gasteiger partial charge on any atom is 0.173 e. The molecule has 0 atom stereocenters. The molecule has 0 spiro atoms. The molecule has 0 heterocycles. The zero-order valence-electron chi connectivity index (χ0n) is 5.68. The lowest BCUT2D eigenvalue weighted by molar-refractivity contribution is 0.102. The Hall–Kier alpha value is -0.700. The summed E-state index contributed by atoms with van der Waals surface area (Å²) in [7, 11) is 0. The Labute approximate surface area is 72.4 Å². The lowest BCUT2D eigenvalue weighted by Gasteiger charge is -1.94. The first-order valence-corrected chi connectivity index (χ1v) is 4.21. The van der Waals surface area contributed by atoms with Gasteiger partial charge in [-0.1, -0.05) is 15.9 Å². The van der Waals surface area contributed by atoms with Crippen molar-refractivity contribution in [2.75, 3.05) is 5.33 Å². The van der Waals surface area contributed by atoms with Gasteiger partial charge in [0.1, 0.15) is 5.82 Å². The van der Waals surface area contributed by atoms with Crippen LogP contribution in [0.2, 0.25) is 0 Å². The number of halogens is 2. The molecule has 3 heteroatoms. The van der Waals surface area contributed by atoms with Crippen LogP contribution in [-0.4, -0.2) is 11.1 Å². The second-order valence-electron chi connectivity index (χ2n) is 2.06. The van der Waals surface area contributed by atoms with Crippen molar-refractivity contribution >= 4 is 21.7 Å². The summed E-state index contributed by atoms with van der Waals surface area (Å²) < 4.78 is 12.3. The molecule has 0 aliphatic heterocycles. The van der Waals surface area contributed by atoms with E-state index in [1.807, 2.05) is 0 Å². The lowest BCUT2D eigenvalue weighted by Crippen LogP contribution is -1.98. The molecule has 1 nitrogen and oxygen atoms in total. The largest absolute Gasteiger partial charge is 0.293 e. The van der Waals surface area contributed by atoms with Crippen LogP contribution < -0.4 is 0 Å². The van der Waals surface area contributed by atoms with Gasteiger partial charge in [-0.25, -0.2) is 4.39 Å². The predicted octanol–water partition coefficient (Wildman–Crippen LogP) is 2.40. The number of hydrogen-bond donors (Lipinski definition) is 0. The average Bonchev–Trinajstić information content (AvgIpc) is 2.05. The maximum absolute atomic E-state index is 12.3. The molecule has 0 aliphatic carbocycles. The minimum atomic E-state index is -0.323. The zero-order valence-corrected chi connectivity index (χ0v) is 7.27. The molecule has 0 fully saturated rings. The van der Waals surface area contributed by atoms with Gasteiger partial charge in [0.05, 0.1) is 5.33 Å². The molecule has 1 aromatic carbocycles. The van der Waals surface area contributed by atoms with Crippen LogP contribution >= 0.6 is 15.9 Å². The van der Waals surface area contributed by atoms with E-state index in [9.17, 15) is 9.18 Å². The SMILES string of the molecule is O=[14C](CBr)c1ccc(F)cc1. The Morgan fingerprint density at radius 2 is 1.91 bits per heavy atom. The van der Waals surface area contributed by atoms with E-state index in [2.05, 4.69) is 15.9 Å². The Bertz CT molecular complexity index is 255. The summed E-state index contributed by atoms with van der Waals surface area (Å²) >= 11 is 3.03. The summed E-state index contributed by atoms with van der Waals surface area (Å²) in [5.74, 6) is -0.360. The standard InChI is InChI=1S/C8H6BrFO/c9-5-8(11)6-1-3-7(10)4-2-6/h1-4H,5H2/i8+2. The van der Waals surface area contributed by atoms with Gasteiger partial charge >= 0.3 is 0 Å². The van der Waals surface area contributed by atoms with Gasteiger partial charge in [-0.2, -0.15) is 0 Å².